The van der Waals surface area contributed by atoms with Gasteiger partial charge in [0.15, 0.2) is 11.5 Å². The summed E-state index contributed by atoms with van der Waals surface area (Å²) in [5.74, 6) is 1.30. The van der Waals surface area contributed by atoms with E-state index in [0.29, 0.717) is 5.75 Å². The standard InChI is InChI=1S/C16H17FO2/c1-11(12-7-9-13(17)10-8-12)14-5-4-6-15(18-2)16(14)19-3/h4-11H,1-3H3. The van der Waals surface area contributed by atoms with Crippen LogP contribution in [0.2, 0.25) is 0 Å². The molecule has 0 aliphatic carbocycles. The van der Waals surface area contributed by atoms with Crippen molar-refractivity contribution in [2.75, 3.05) is 14.2 Å². The lowest BCUT2D eigenvalue weighted by atomic mass is 9.92. The maximum absolute atomic E-state index is 13.0. The molecule has 0 saturated carbocycles. The van der Waals surface area contributed by atoms with E-state index in [9.17, 15) is 4.39 Å². The van der Waals surface area contributed by atoms with Crippen LogP contribution < -0.4 is 9.47 Å². The van der Waals surface area contributed by atoms with Crippen molar-refractivity contribution in [1.29, 1.82) is 0 Å². The molecule has 2 nitrogen and oxygen atoms in total. The highest BCUT2D eigenvalue weighted by Gasteiger charge is 2.16. The Kier molecular flexibility index (Phi) is 4.05. The van der Waals surface area contributed by atoms with Gasteiger partial charge in [-0.2, -0.15) is 0 Å². The first-order valence-electron chi connectivity index (χ1n) is 6.13. The summed E-state index contributed by atoms with van der Waals surface area (Å²) >= 11 is 0. The van der Waals surface area contributed by atoms with Crippen LogP contribution in [0, 0.1) is 5.82 Å². The van der Waals surface area contributed by atoms with Gasteiger partial charge in [-0.15, -0.1) is 0 Å². The number of halogens is 1. The van der Waals surface area contributed by atoms with Crippen LogP contribution in [0.15, 0.2) is 42.5 Å². The molecule has 0 aliphatic heterocycles. The van der Waals surface area contributed by atoms with Crippen molar-refractivity contribution < 1.29 is 13.9 Å². The van der Waals surface area contributed by atoms with Gasteiger partial charge in [-0.05, 0) is 23.8 Å². The zero-order valence-corrected chi connectivity index (χ0v) is 11.3. The Hall–Kier alpha value is -2.03. The van der Waals surface area contributed by atoms with Crippen molar-refractivity contribution in [3.8, 4) is 11.5 Å². The lowest BCUT2D eigenvalue weighted by Crippen LogP contribution is -2.01. The topological polar surface area (TPSA) is 18.5 Å². The van der Waals surface area contributed by atoms with Crippen molar-refractivity contribution in [3.63, 3.8) is 0 Å². The molecular formula is C16H17FO2. The van der Waals surface area contributed by atoms with Gasteiger partial charge in [0.25, 0.3) is 0 Å². The molecule has 1 atom stereocenters. The summed E-state index contributed by atoms with van der Waals surface area (Å²) in [7, 11) is 3.24. The second-order valence-corrected chi connectivity index (χ2v) is 4.36. The summed E-state index contributed by atoms with van der Waals surface area (Å²) in [5, 5.41) is 0. The summed E-state index contributed by atoms with van der Waals surface area (Å²) in [5.41, 5.74) is 2.06. The number of benzene rings is 2. The zero-order valence-electron chi connectivity index (χ0n) is 11.3. The van der Waals surface area contributed by atoms with Crippen LogP contribution in [-0.4, -0.2) is 14.2 Å². The fourth-order valence-electron chi connectivity index (χ4n) is 2.18. The van der Waals surface area contributed by atoms with Gasteiger partial charge in [0.05, 0.1) is 14.2 Å². The molecule has 0 N–H and O–H groups in total. The SMILES string of the molecule is COc1cccc(C(C)c2ccc(F)cc2)c1OC. The maximum atomic E-state index is 13.0. The van der Waals surface area contributed by atoms with E-state index in [4.69, 9.17) is 9.47 Å². The first-order chi connectivity index (χ1) is 9.17. The molecule has 0 radical (unpaired) electrons. The molecule has 0 bridgehead atoms. The van der Waals surface area contributed by atoms with Gasteiger partial charge < -0.3 is 9.47 Å². The van der Waals surface area contributed by atoms with Crippen LogP contribution in [0.4, 0.5) is 4.39 Å². The molecule has 0 saturated heterocycles. The van der Waals surface area contributed by atoms with Gasteiger partial charge in [-0.3, -0.25) is 0 Å². The average Bonchev–Trinajstić information content (AvgIpc) is 2.46. The fourth-order valence-corrected chi connectivity index (χ4v) is 2.18. The molecule has 3 heteroatoms. The average molecular weight is 260 g/mol. The number of ether oxygens (including phenoxy) is 2. The van der Waals surface area contributed by atoms with Crippen LogP contribution in [-0.2, 0) is 0 Å². The quantitative estimate of drug-likeness (QED) is 0.827. The Morgan fingerprint density at radius 3 is 2.21 bits per heavy atom. The molecule has 2 rings (SSSR count). The molecule has 0 heterocycles. The molecule has 0 aromatic heterocycles. The van der Waals surface area contributed by atoms with E-state index >= 15 is 0 Å². The molecule has 19 heavy (non-hydrogen) atoms. The van der Waals surface area contributed by atoms with Crippen LogP contribution in [0.1, 0.15) is 24.0 Å². The fraction of sp³-hybridized carbons (Fsp3) is 0.250. The first kappa shape index (κ1) is 13.4. The van der Waals surface area contributed by atoms with Crippen molar-refractivity contribution >= 4 is 0 Å². The second kappa shape index (κ2) is 5.74. The van der Waals surface area contributed by atoms with Gasteiger partial charge in [-0.1, -0.05) is 31.2 Å². The monoisotopic (exact) mass is 260 g/mol. The molecule has 0 fully saturated rings. The lowest BCUT2D eigenvalue weighted by Gasteiger charge is -2.18. The smallest absolute Gasteiger partial charge is 0.164 e. The third-order valence-corrected chi connectivity index (χ3v) is 3.27. The van der Waals surface area contributed by atoms with E-state index in [0.717, 1.165) is 16.9 Å². The Bertz CT molecular complexity index is 549. The predicted molar refractivity (Wildman–Crippen MR) is 73.5 cm³/mol. The normalized spacial score (nSPS) is 12.0. The number of para-hydroxylation sites is 1. The van der Waals surface area contributed by atoms with Crippen LogP contribution in [0.5, 0.6) is 11.5 Å². The summed E-state index contributed by atoms with van der Waals surface area (Å²) in [6, 6.07) is 12.3. The Balaban J connectivity index is 2.43. The van der Waals surface area contributed by atoms with E-state index in [1.54, 1.807) is 26.4 Å². The predicted octanol–water partition coefficient (Wildman–Crippen LogP) is 3.99. The molecule has 2 aromatic carbocycles. The first-order valence-corrected chi connectivity index (χ1v) is 6.13. The minimum absolute atomic E-state index is 0.102. The number of methoxy groups -OCH3 is 2. The molecular weight excluding hydrogens is 243 g/mol. The summed E-state index contributed by atoms with van der Waals surface area (Å²) in [4.78, 5) is 0. The highest BCUT2D eigenvalue weighted by atomic mass is 19.1. The Morgan fingerprint density at radius 1 is 0.947 bits per heavy atom. The Labute approximate surface area is 112 Å². The van der Waals surface area contributed by atoms with Gasteiger partial charge in [0.2, 0.25) is 0 Å². The van der Waals surface area contributed by atoms with Crippen LogP contribution in [0.25, 0.3) is 0 Å². The highest BCUT2D eigenvalue weighted by molar-refractivity contribution is 5.50. The number of hydrogen-bond donors (Lipinski definition) is 0. The maximum Gasteiger partial charge on any atom is 0.164 e. The Morgan fingerprint density at radius 2 is 1.63 bits per heavy atom. The second-order valence-electron chi connectivity index (χ2n) is 4.36. The molecule has 2 aromatic rings. The third kappa shape index (κ3) is 2.70. The van der Waals surface area contributed by atoms with E-state index in [-0.39, 0.29) is 11.7 Å². The van der Waals surface area contributed by atoms with Crippen molar-refractivity contribution in [2.45, 2.75) is 12.8 Å². The largest absolute Gasteiger partial charge is 0.493 e. The van der Waals surface area contributed by atoms with E-state index in [2.05, 4.69) is 6.92 Å². The third-order valence-electron chi connectivity index (χ3n) is 3.27. The number of rotatable bonds is 4. The van der Waals surface area contributed by atoms with Gasteiger partial charge >= 0.3 is 0 Å². The van der Waals surface area contributed by atoms with E-state index in [1.807, 2.05) is 18.2 Å². The minimum atomic E-state index is -0.228. The zero-order chi connectivity index (χ0) is 13.8. The summed E-state index contributed by atoms with van der Waals surface area (Å²) < 4.78 is 23.7. The molecule has 0 amide bonds. The molecule has 0 aliphatic rings. The van der Waals surface area contributed by atoms with Gasteiger partial charge in [0.1, 0.15) is 5.82 Å². The molecule has 0 spiro atoms. The summed E-state index contributed by atoms with van der Waals surface area (Å²) in [6.45, 7) is 2.06. The van der Waals surface area contributed by atoms with E-state index in [1.165, 1.54) is 12.1 Å². The van der Waals surface area contributed by atoms with Crippen LogP contribution in [0.3, 0.4) is 0 Å². The van der Waals surface area contributed by atoms with Crippen LogP contribution >= 0.6 is 0 Å². The summed E-state index contributed by atoms with van der Waals surface area (Å²) in [6.07, 6.45) is 0. The van der Waals surface area contributed by atoms with Gasteiger partial charge in [0, 0.05) is 11.5 Å². The number of hydrogen-bond acceptors (Lipinski definition) is 2. The van der Waals surface area contributed by atoms with Gasteiger partial charge in [-0.25, -0.2) is 4.39 Å². The minimum Gasteiger partial charge on any atom is -0.493 e. The van der Waals surface area contributed by atoms with E-state index < -0.39 is 0 Å². The highest BCUT2D eigenvalue weighted by Crippen LogP contribution is 2.37. The lowest BCUT2D eigenvalue weighted by molar-refractivity contribution is 0.351. The van der Waals surface area contributed by atoms with Crippen molar-refractivity contribution in [3.05, 3.63) is 59.4 Å². The molecule has 100 valence electrons. The van der Waals surface area contributed by atoms with Crippen molar-refractivity contribution in [1.82, 2.24) is 0 Å². The molecule has 1 unspecified atom stereocenters. The van der Waals surface area contributed by atoms with Crippen molar-refractivity contribution in [2.24, 2.45) is 0 Å².